The summed E-state index contributed by atoms with van der Waals surface area (Å²) in [5.41, 5.74) is 2.75. The van der Waals surface area contributed by atoms with Crippen LogP contribution in [0.2, 0.25) is 0 Å². The van der Waals surface area contributed by atoms with Crippen LogP contribution in [0.25, 0.3) is 10.4 Å². The van der Waals surface area contributed by atoms with Crippen LogP contribution in [0.5, 0.6) is 0 Å². The number of amides is 1. The van der Waals surface area contributed by atoms with Gasteiger partial charge in [-0.2, -0.15) is 0 Å². The minimum absolute atomic E-state index is 0.0605. The van der Waals surface area contributed by atoms with Gasteiger partial charge in [0, 0.05) is 41.7 Å². The van der Waals surface area contributed by atoms with Crippen LogP contribution < -0.4 is 0 Å². The molecule has 1 amide bonds. The lowest BCUT2D eigenvalue weighted by Gasteiger charge is -2.36. The molecule has 31 heavy (non-hydrogen) atoms. The summed E-state index contributed by atoms with van der Waals surface area (Å²) in [5, 5.41) is 11.8. The molecule has 3 aliphatic rings. The molecular weight excluding hydrogens is 416 g/mol. The van der Waals surface area contributed by atoms with Crippen LogP contribution >= 0.6 is 11.3 Å². The number of hydrogen-bond acceptors (Lipinski definition) is 5. The Bertz CT molecular complexity index is 1080. The minimum atomic E-state index is -0.931. The molecule has 0 saturated carbocycles. The summed E-state index contributed by atoms with van der Waals surface area (Å²) in [6.45, 7) is 2.80. The Labute approximate surface area is 184 Å². The molecule has 162 valence electrons. The number of nitrogens with zero attached hydrogens (tertiary/aromatic N) is 2. The number of morpholine rings is 1. The highest BCUT2D eigenvalue weighted by Gasteiger charge is 2.38. The van der Waals surface area contributed by atoms with E-state index in [9.17, 15) is 14.7 Å². The lowest BCUT2D eigenvalue weighted by atomic mass is 9.77. The zero-order valence-electron chi connectivity index (χ0n) is 17.2. The highest BCUT2D eigenvalue weighted by Crippen LogP contribution is 2.46. The van der Waals surface area contributed by atoms with Gasteiger partial charge < -0.3 is 24.0 Å². The van der Waals surface area contributed by atoms with Crippen LogP contribution in [-0.4, -0.2) is 59.9 Å². The van der Waals surface area contributed by atoms with Gasteiger partial charge in [0.25, 0.3) is 5.91 Å². The minimum Gasteiger partial charge on any atom is -0.496 e. The number of aromatic carboxylic acids is 1. The van der Waals surface area contributed by atoms with Gasteiger partial charge >= 0.3 is 5.97 Å². The fourth-order valence-corrected chi connectivity index (χ4v) is 5.61. The van der Waals surface area contributed by atoms with Crippen molar-refractivity contribution >= 4 is 23.2 Å². The topological polar surface area (TPSA) is 81.0 Å². The molecular formula is C23H24N2O5S. The van der Waals surface area contributed by atoms with E-state index in [1.165, 1.54) is 0 Å². The van der Waals surface area contributed by atoms with E-state index >= 15 is 0 Å². The van der Waals surface area contributed by atoms with Crippen LogP contribution in [0.1, 0.15) is 28.5 Å². The largest absolute Gasteiger partial charge is 0.496 e. The number of hydrogen-bond donors (Lipinski definition) is 1. The maximum atomic E-state index is 13.3. The number of allylic oxidation sites excluding steroid dienone is 2. The fourth-order valence-electron chi connectivity index (χ4n) is 4.86. The van der Waals surface area contributed by atoms with E-state index in [1.807, 2.05) is 34.2 Å². The quantitative estimate of drug-likeness (QED) is 0.789. The van der Waals surface area contributed by atoms with E-state index in [0.717, 1.165) is 22.6 Å². The normalized spacial score (nSPS) is 22.8. The van der Waals surface area contributed by atoms with Crippen LogP contribution in [0.15, 0.2) is 47.1 Å². The van der Waals surface area contributed by atoms with E-state index in [0.29, 0.717) is 49.9 Å². The number of carboxylic acid groups (broad SMARTS) is 1. The van der Waals surface area contributed by atoms with Crippen molar-refractivity contribution in [2.75, 3.05) is 33.4 Å². The lowest BCUT2D eigenvalue weighted by Crippen LogP contribution is -2.42. The predicted molar refractivity (Wildman–Crippen MR) is 116 cm³/mol. The maximum absolute atomic E-state index is 13.3. The zero-order valence-corrected chi connectivity index (χ0v) is 18.1. The summed E-state index contributed by atoms with van der Waals surface area (Å²) in [5.74, 6) is -0.319. The van der Waals surface area contributed by atoms with E-state index in [2.05, 4.69) is 0 Å². The molecule has 1 N–H and O–H groups in total. The molecule has 2 aliphatic heterocycles. The standard InChI is InChI=1S/C23H24N2O5S/c1-29-19-11-14-4-5-25-18(23(27)28)13-17(20-3-2-10-31-20)21(25)15(14)12-16(19)22(26)24-6-8-30-9-7-24/h2-3,10-15H,4-9H2,1H3,(H,27,28). The molecule has 8 heteroatoms. The van der Waals surface area contributed by atoms with Crippen molar-refractivity contribution in [3.63, 3.8) is 0 Å². The first-order valence-electron chi connectivity index (χ1n) is 10.4. The molecule has 2 aromatic rings. The van der Waals surface area contributed by atoms with Crippen LogP contribution in [0.3, 0.4) is 0 Å². The number of carbonyl (C=O) groups excluding carboxylic acids is 1. The van der Waals surface area contributed by atoms with E-state index < -0.39 is 5.97 Å². The van der Waals surface area contributed by atoms with Crippen molar-refractivity contribution in [2.24, 2.45) is 5.92 Å². The highest BCUT2D eigenvalue weighted by molar-refractivity contribution is 7.13. The number of methoxy groups -OCH3 is 1. The van der Waals surface area contributed by atoms with Gasteiger partial charge in [0.05, 0.1) is 25.9 Å². The molecule has 0 bridgehead atoms. The third-order valence-electron chi connectivity index (χ3n) is 6.33. The Hall–Kier alpha value is -2.84. The molecule has 0 radical (unpaired) electrons. The maximum Gasteiger partial charge on any atom is 0.352 e. The van der Waals surface area contributed by atoms with Crippen molar-refractivity contribution in [2.45, 2.75) is 18.9 Å². The van der Waals surface area contributed by atoms with Crippen molar-refractivity contribution in [3.05, 3.63) is 58.5 Å². The predicted octanol–water partition coefficient (Wildman–Crippen LogP) is 3.35. The molecule has 0 aromatic carbocycles. The number of thiophene rings is 1. The summed E-state index contributed by atoms with van der Waals surface area (Å²) in [6, 6.07) is 5.76. The van der Waals surface area contributed by atoms with Gasteiger partial charge in [-0.1, -0.05) is 12.1 Å². The Morgan fingerprint density at radius 3 is 2.71 bits per heavy atom. The number of carbonyl (C=O) groups is 2. The van der Waals surface area contributed by atoms with Gasteiger partial charge in [-0.25, -0.2) is 4.79 Å². The molecule has 7 nitrogen and oxygen atoms in total. The number of fused-ring (bicyclic) bond motifs is 3. The number of carboxylic acids is 1. The molecule has 2 aromatic heterocycles. The average Bonchev–Trinajstić information content (AvgIpc) is 3.46. The third kappa shape index (κ3) is 3.40. The summed E-state index contributed by atoms with van der Waals surface area (Å²) >= 11 is 1.59. The van der Waals surface area contributed by atoms with Crippen molar-refractivity contribution < 1.29 is 24.2 Å². The summed E-state index contributed by atoms with van der Waals surface area (Å²) in [4.78, 5) is 28.1. The van der Waals surface area contributed by atoms with Crippen LogP contribution in [0.4, 0.5) is 0 Å². The van der Waals surface area contributed by atoms with E-state index in [1.54, 1.807) is 29.4 Å². The van der Waals surface area contributed by atoms with Crippen LogP contribution in [-0.2, 0) is 20.8 Å². The second kappa shape index (κ2) is 8.01. The molecule has 5 rings (SSSR count). The third-order valence-corrected chi connectivity index (χ3v) is 7.24. The Kier molecular flexibility index (Phi) is 5.19. The first kappa shape index (κ1) is 20.1. The van der Waals surface area contributed by atoms with Gasteiger partial charge in [0.2, 0.25) is 0 Å². The second-order valence-electron chi connectivity index (χ2n) is 7.96. The summed E-state index contributed by atoms with van der Waals surface area (Å²) < 4.78 is 12.9. The van der Waals surface area contributed by atoms with Gasteiger partial charge in [-0.05, 0) is 35.9 Å². The van der Waals surface area contributed by atoms with E-state index in [4.69, 9.17) is 9.47 Å². The summed E-state index contributed by atoms with van der Waals surface area (Å²) in [6.07, 6.45) is 4.83. The number of ether oxygens (including phenoxy) is 2. The van der Waals surface area contributed by atoms with Crippen LogP contribution in [0, 0.1) is 5.92 Å². The van der Waals surface area contributed by atoms with Crippen molar-refractivity contribution in [1.82, 2.24) is 9.47 Å². The number of rotatable bonds is 4. The zero-order chi connectivity index (χ0) is 21.5. The Morgan fingerprint density at radius 1 is 1.23 bits per heavy atom. The fraction of sp³-hybridized carbons (Fsp3) is 0.391. The van der Waals surface area contributed by atoms with Gasteiger partial charge in [0.15, 0.2) is 0 Å². The molecule has 1 saturated heterocycles. The molecule has 4 heterocycles. The first-order chi connectivity index (χ1) is 15.1. The molecule has 2 atom stereocenters. The summed E-state index contributed by atoms with van der Waals surface area (Å²) in [7, 11) is 1.59. The van der Waals surface area contributed by atoms with Gasteiger partial charge in [0.1, 0.15) is 11.5 Å². The first-order valence-corrected chi connectivity index (χ1v) is 11.3. The molecule has 2 unspecified atom stereocenters. The second-order valence-corrected chi connectivity index (χ2v) is 8.91. The van der Waals surface area contributed by atoms with Crippen molar-refractivity contribution in [3.8, 4) is 10.4 Å². The Morgan fingerprint density at radius 2 is 2.03 bits per heavy atom. The smallest absolute Gasteiger partial charge is 0.352 e. The lowest BCUT2D eigenvalue weighted by molar-refractivity contribution is -0.131. The average molecular weight is 441 g/mol. The van der Waals surface area contributed by atoms with Gasteiger partial charge in [-0.15, -0.1) is 11.3 Å². The van der Waals surface area contributed by atoms with Crippen molar-refractivity contribution in [1.29, 1.82) is 0 Å². The van der Waals surface area contributed by atoms with Gasteiger partial charge in [-0.3, -0.25) is 4.79 Å². The Balaban J connectivity index is 1.62. The monoisotopic (exact) mass is 440 g/mol. The SMILES string of the molecule is COC1=CC2CCn3c(C(=O)O)cc(-c4cccs4)c3C2C=C1C(=O)N1CCOCC1. The molecule has 1 fully saturated rings. The number of aromatic nitrogens is 1. The molecule has 1 aliphatic carbocycles. The van der Waals surface area contributed by atoms with E-state index in [-0.39, 0.29) is 17.7 Å². The highest BCUT2D eigenvalue weighted by atomic mass is 32.1. The molecule has 0 spiro atoms.